The summed E-state index contributed by atoms with van der Waals surface area (Å²) in [6.07, 6.45) is 0. The molecule has 0 spiro atoms. The third kappa shape index (κ3) is 1.93. The van der Waals surface area contributed by atoms with Crippen LogP contribution in [0.25, 0.3) is 5.70 Å². The smallest absolute Gasteiger partial charge is 0.213 e. The highest BCUT2D eigenvalue weighted by molar-refractivity contribution is 8.03. The van der Waals surface area contributed by atoms with E-state index in [4.69, 9.17) is 5.73 Å². The molecule has 0 unspecified atom stereocenters. The van der Waals surface area contributed by atoms with Crippen LogP contribution in [0.3, 0.4) is 0 Å². The van der Waals surface area contributed by atoms with Gasteiger partial charge in [-0.25, -0.2) is 9.98 Å². The second kappa shape index (κ2) is 3.79. The zero-order valence-electron chi connectivity index (χ0n) is 7.27. The van der Waals surface area contributed by atoms with Gasteiger partial charge < -0.3 is 5.73 Å². The Morgan fingerprint density at radius 1 is 1.43 bits per heavy atom. The lowest BCUT2D eigenvalue weighted by molar-refractivity contribution is 0.582. The Hall–Kier alpha value is -1.36. The van der Waals surface area contributed by atoms with E-state index in [0.29, 0.717) is 23.0 Å². The summed E-state index contributed by atoms with van der Waals surface area (Å²) in [7, 11) is 0. The molecule has 0 aromatic carbocycles. The van der Waals surface area contributed by atoms with Crippen LogP contribution in [0.1, 0.15) is 5.69 Å². The van der Waals surface area contributed by atoms with Crippen molar-refractivity contribution in [1.82, 2.24) is 4.98 Å². The van der Waals surface area contributed by atoms with E-state index in [0.717, 1.165) is 0 Å². The van der Waals surface area contributed by atoms with Crippen LogP contribution in [0.5, 0.6) is 0 Å². The molecule has 5 heteroatoms. The summed E-state index contributed by atoms with van der Waals surface area (Å²) in [5.41, 5.74) is 6.70. The van der Waals surface area contributed by atoms with Crippen molar-refractivity contribution < 1.29 is 4.39 Å². The van der Waals surface area contributed by atoms with Gasteiger partial charge in [-0.05, 0) is 17.5 Å². The van der Waals surface area contributed by atoms with E-state index in [1.165, 1.54) is 17.8 Å². The Morgan fingerprint density at radius 2 is 2.29 bits per heavy atom. The zero-order valence-corrected chi connectivity index (χ0v) is 8.09. The Kier molecular flexibility index (Phi) is 2.49. The van der Waals surface area contributed by atoms with Gasteiger partial charge in [-0.1, -0.05) is 6.07 Å². The van der Waals surface area contributed by atoms with Crippen LogP contribution in [-0.4, -0.2) is 16.6 Å². The number of aliphatic imine (C=N–C) groups is 1. The molecule has 0 saturated carbocycles. The molecule has 2 heterocycles. The standard InChI is InChI=1S/C9H8FN3S/c10-8-3-1-2-6(12-8)7-4-14-5-9(11)13-7/h1-4H,5H2,(H2,11,13). The van der Waals surface area contributed by atoms with Crippen LogP contribution in [0.4, 0.5) is 4.39 Å². The minimum Gasteiger partial charge on any atom is -0.386 e. The molecular formula is C9H8FN3S. The van der Waals surface area contributed by atoms with Crippen molar-refractivity contribution in [1.29, 1.82) is 0 Å². The fourth-order valence-electron chi connectivity index (χ4n) is 1.09. The highest BCUT2D eigenvalue weighted by atomic mass is 32.2. The molecule has 2 N–H and O–H groups in total. The molecule has 0 aliphatic carbocycles. The van der Waals surface area contributed by atoms with Crippen molar-refractivity contribution in [3.63, 3.8) is 0 Å². The number of thioether (sulfide) groups is 1. The van der Waals surface area contributed by atoms with Gasteiger partial charge in [0.05, 0.1) is 17.1 Å². The highest BCUT2D eigenvalue weighted by Crippen LogP contribution is 2.22. The van der Waals surface area contributed by atoms with E-state index < -0.39 is 5.95 Å². The van der Waals surface area contributed by atoms with Crippen molar-refractivity contribution in [2.24, 2.45) is 10.7 Å². The van der Waals surface area contributed by atoms with Gasteiger partial charge >= 0.3 is 0 Å². The van der Waals surface area contributed by atoms with Crippen molar-refractivity contribution >= 4 is 23.3 Å². The molecule has 1 aromatic heterocycles. The number of hydrogen-bond acceptors (Lipinski definition) is 4. The highest BCUT2D eigenvalue weighted by Gasteiger charge is 2.08. The molecule has 3 nitrogen and oxygen atoms in total. The maximum atomic E-state index is 12.8. The fraction of sp³-hybridized carbons (Fsp3) is 0.111. The topological polar surface area (TPSA) is 51.3 Å². The van der Waals surface area contributed by atoms with Crippen LogP contribution in [0.2, 0.25) is 0 Å². The Labute approximate surface area is 84.9 Å². The van der Waals surface area contributed by atoms with E-state index in [2.05, 4.69) is 9.98 Å². The monoisotopic (exact) mass is 209 g/mol. The summed E-state index contributed by atoms with van der Waals surface area (Å²) in [4.78, 5) is 7.82. The van der Waals surface area contributed by atoms with Gasteiger partial charge in [0.1, 0.15) is 5.84 Å². The van der Waals surface area contributed by atoms with Crippen LogP contribution in [0.15, 0.2) is 28.6 Å². The average molecular weight is 209 g/mol. The largest absolute Gasteiger partial charge is 0.386 e. The van der Waals surface area contributed by atoms with Crippen molar-refractivity contribution in [2.75, 3.05) is 5.75 Å². The van der Waals surface area contributed by atoms with E-state index in [-0.39, 0.29) is 0 Å². The molecular weight excluding hydrogens is 201 g/mol. The fourth-order valence-corrected chi connectivity index (χ4v) is 1.74. The molecule has 0 bridgehead atoms. The summed E-state index contributed by atoms with van der Waals surface area (Å²) in [6, 6.07) is 4.61. The first-order valence-electron chi connectivity index (χ1n) is 4.03. The van der Waals surface area contributed by atoms with Gasteiger partial charge in [-0.2, -0.15) is 4.39 Å². The normalized spacial score (nSPS) is 16.1. The molecule has 1 aromatic rings. The second-order valence-corrected chi connectivity index (χ2v) is 3.62. The number of aromatic nitrogens is 1. The number of pyridine rings is 1. The predicted octanol–water partition coefficient (Wildman–Crippen LogP) is 1.62. The molecule has 72 valence electrons. The summed E-state index contributed by atoms with van der Waals surface area (Å²) in [5.74, 6) is 0.713. The molecule has 0 radical (unpaired) electrons. The molecule has 0 atom stereocenters. The first-order chi connectivity index (χ1) is 6.75. The lowest BCUT2D eigenvalue weighted by Gasteiger charge is -2.08. The Morgan fingerprint density at radius 3 is 3.00 bits per heavy atom. The SMILES string of the molecule is NC1=NC(c2cccc(F)n2)=CSC1. The van der Waals surface area contributed by atoms with Crippen LogP contribution in [0, 0.1) is 5.95 Å². The van der Waals surface area contributed by atoms with Crippen molar-refractivity contribution in [3.05, 3.63) is 35.2 Å². The van der Waals surface area contributed by atoms with Crippen LogP contribution < -0.4 is 5.73 Å². The molecule has 14 heavy (non-hydrogen) atoms. The number of nitrogens with two attached hydrogens (primary N) is 1. The number of halogens is 1. The predicted molar refractivity (Wildman–Crippen MR) is 56.3 cm³/mol. The summed E-state index contributed by atoms with van der Waals surface area (Å²) < 4.78 is 12.8. The van der Waals surface area contributed by atoms with E-state index >= 15 is 0 Å². The number of amidine groups is 1. The summed E-state index contributed by atoms with van der Waals surface area (Å²) >= 11 is 1.53. The number of hydrogen-bond donors (Lipinski definition) is 1. The number of rotatable bonds is 1. The minimum absolute atomic E-state index is 0.507. The first-order valence-corrected chi connectivity index (χ1v) is 5.08. The lowest BCUT2D eigenvalue weighted by atomic mass is 10.3. The quantitative estimate of drug-likeness (QED) is 0.715. The van der Waals surface area contributed by atoms with Crippen molar-refractivity contribution in [2.45, 2.75) is 0 Å². The molecule has 0 fully saturated rings. The van der Waals surface area contributed by atoms with Gasteiger partial charge in [-0.15, -0.1) is 11.8 Å². The van der Waals surface area contributed by atoms with Crippen molar-refractivity contribution in [3.8, 4) is 0 Å². The van der Waals surface area contributed by atoms with Crippen LogP contribution >= 0.6 is 11.8 Å². The second-order valence-electron chi connectivity index (χ2n) is 2.76. The van der Waals surface area contributed by atoms with E-state index in [9.17, 15) is 4.39 Å². The molecule has 1 aliphatic rings. The third-order valence-corrected chi connectivity index (χ3v) is 2.52. The maximum Gasteiger partial charge on any atom is 0.213 e. The zero-order chi connectivity index (χ0) is 9.97. The summed E-state index contributed by atoms with van der Waals surface area (Å²) in [6.45, 7) is 0. The van der Waals surface area contributed by atoms with Gasteiger partial charge in [0.15, 0.2) is 0 Å². The van der Waals surface area contributed by atoms with Gasteiger partial charge in [0.2, 0.25) is 5.95 Å². The maximum absolute atomic E-state index is 12.8. The first kappa shape index (κ1) is 9.21. The van der Waals surface area contributed by atoms with Gasteiger partial charge in [0.25, 0.3) is 0 Å². The molecule has 0 amide bonds. The number of nitrogens with zero attached hydrogens (tertiary/aromatic N) is 2. The Balaban J connectivity index is 2.36. The van der Waals surface area contributed by atoms with Crippen LogP contribution in [-0.2, 0) is 0 Å². The lowest BCUT2D eigenvalue weighted by Crippen LogP contribution is -2.16. The minimum atomic E-state index is -0.507. The molecule has 0 saturated heterocycles. The Bertz CT molecular complexity index is 414. The third-order valence-electron chi connectivity index (χ3n) is 1.67. The van der Waals surface area contributed by atoms with E-state index in [1.54, 1.807) is 12.1 Å². The molecule has 2 rings (SSSR count). The molecule has 1 aliphatic heterocycles. The summed E-state index contributed by atoms with van der Waals surface area (Å²) in [5, 5.41) is 1.83. The average Bonchev–Trinajstić information content (AvgIpc) is 2.18. The van der Waals surface area contributed by atoms with Gasteiger partial charge in [0, 0.05) is 0 Å². The van der Waals surface area contributed by atoms with Gasteiger partial charge in [-0.3, -0.25) is 0 Å². The van der Waals surface area contributed by atoms with E-state index in [1.807, 2.05) is 5.41 Å².